The molecule has 3 rings (SSSR count). The fourth-order valence-corrected chi connectivity index (χ4v) is 2.95. The van der Waals surface area contributed by atoms with Crippen LogP contribution < -0.4 is 15.0 Å². The summed E-state index contributed by atoms with van der Waals surface area (Å²) in [4.78, 5) is 11.5. The Hall–Kier alpha value is -3.08. The monoisotopic (exact) mass is 376 g/mol. The van der Waals surface area contributed by atoms with Gasteiger partial charge in [0, 0.05) is 30.5 Å². The van der Waals surface area contributed by atoms with Gasteiger partial charge in [0.1, 0.15) is 11.6 Å². The minimum absolute atomic E-state index is 0.158. The smallest absolute Gasteiger partial charge is 0.229 e. The molecule has 0 radical (unpaired) electrons. The maximum absolute atomic E-state index is 5.69. The lowest BCUT2D eigenvalue weighted by Crippen LogP contribution is -2.23. The molecule has 0 aliphatic rings. The number of hydrogen-bond acceptors (Lipinski definition) is 5. The molecule has 0 bridgehead atoms. The molecule has 1 N–H and O–H groups in total. The van der Waals surface area contributed by atoms with Gasteiger partial charge in [0.05, 0.1) is 6.10 Å². The van der Waals surface area contributed by atoms with Crippen molar-refractivity contribution in [1.82, 2.24) is 9.97 Å². The van der Waals surface area contributed by atoms with Crippen molar-refractivity contribution >= 4 is 17.5 Å². The molecule has 5 nitrogen and oxygen atoms in total. The molecular formula is C23H28N4O. The molecule has 3 aromatic rings. The molecule has 5 heteroatoms. The van der Waals surface area contributed by atoms with Gasteiger partial charge in [-0.25, -0.2) is 4.98 Å². The Morgan fingerprint density at radius 1 is 1.00 bits per heavy atom. The molecule has 28 heavy (non-hydrogen) atoms. The summed E-state index contributed by atoms with van der Waals surface area (Å²) >= 11 is 0. The van der Waals surface area contributed by atoms with Crippen molar-refractivity contribution in [3.63, 3.8) is 0 Å². The number of benzene rings is 2. The van der Waals surface area contributed by atoms with Crippen LogP contribution in [0.25, 0.3) is 0 Å². The highest BCUT2D eigenvalue weighted by Crippen LogP contribution is 2.22. The van der Waals surface area contributed by atoms with Crippen LogP contribution in [0, 0.1) is 6.92 Å². The van der Waals surface area contributed by atoms with E-state index in [1.807, 2.05) is 57.2 Å². The van der Waals surface area contributed by atoms with Crippen LogP contribution in [0.3, 0.4) is 0 Å². The molecule has 146 valence electrons. The highest BCUT2D eigenvalue weighted by Gasteiger charge is 2.10. The maximum atomic E-state index is 5.69. The molecule has 0 saturated carbocycles. The quantitative estimate of drug-likeness (QED) is 0.575. The van der Waals surface area contributed by atoms with Crippen molar-refractivity contribution in [2.24, 2.45) is 0 Å². The highest BCUT2D eigenvalue weighted by atomic mass is 16.5. The van der Waals surface area contributed by atoms with Gasteiger partial charge in [0.25, 0.3) is 0 Å². The van der Waals surface area contributed by atoms with Crippen molar-refractivity contribution in [3.8, 4) is 5.75 Å². The average Bonchev–Trinajstić information content (AvgIpc) is 2.67. The zero-order valence-electron chi connectivity index (χ0n) is 17.0. The summed E-state index contributed by atoms with van der Waals surface area (Å²) in [7, 11) is 0. The van der Waals surface area contributed by atoms with Crippen LogP contribution in [0.2, 0.25) is 0 Å². The Morgan fingerprint density at radius 3 is 2.36 bits per heavy atom. The average molecular weight is 377 g/mol. The second kappa shape index (κ2) is 9.22. The Bertz CT molecular complexity index is 879. The third-order valence-electron chi connectivity index (χ3n) is 4.24. The number of hydrogen-bond donors (Lipinski definition) is 1. The van der Waals surface area contributed by atoms with Crippen LogP contribution in [0.15, 0.2) is 60.7 Å². The van der Waals surface area contributed by atoms with Gasteiger partial charge < -0.3 is 15.0 Å². The lowest BCUT2D eigenvalue weighted by Gasteiger charge is -2.23. The summed E-state index contributed by atoms with van der Waals surface area (Å²) in [5.41, 5.74) is 3.12. The molecule has 1 aromatic heterocycles. The molecule has 0 saturated heterocycles. The van der Waals surface area contributed by atoms with E-state index in [2.05, 4.69) is 46.4 Å². The van der Waals surface area contributed by atoms with Crippen LogP contribution in [0.4, 0.5) is 17.5 Å². The van der Waals surface area contributed by atoms with E-state index >= 15 is 0 Å². The van der Waals surface area contributed by atoms with Gasteiger partial charge in [-0.15, -0.1) is 0 Å². The third kappa shape index (κ3) is 5.46. The zero-order valence-corrected chi connectivity index (χ0v) is 17.0. The number of ether oxygens (including phenoxy) is 1. The van der Waals surface area contributed by atoms with Gasteiger partial charge in [-0.2, -0.15) is 4.98 Å². The first-order chi connectivity index (χ1) is 13.5. The third-order valence-corrected chi connectivity index (χ3v) is 4.24. The molecule has 1 heterocycles. The van der Waals surface area contributed by atoms with Crippen molar-refractivity contribution in [3.05, 3.63) is 71.9 Å². The van der Waals surface area contributed by atoms with Crippen LogP contribution >= 0.6 is 0 Å². The van der Waals surface area contributed by atoms with Gasteiger partial charge >= 0.3 is 0 Å². The fraction of sp³-hybridized carbons (Fsp3) is 0.304. The van der Waals surface area contributed by atoms with Gasteiger partial charge in [-0.1, -0.05) is 30.3 Å². The Kier molecular flexibility index (Phi) is 6.48. The number of nitrogens with zero attached hydrogens (tertiary/aromatic N) is 3. The minimum atomic E-state index is 0.158. The molecule has 0 unspecified atom stereocenters. The molecule has 2 aromatic carbocycles. The summed E-state index contributed by atoms with van der Waals surface area (Å²) < 4.78 is 5.69. The first-order valence-electron chi connectivity index (χ1n) is 9.72. The number of aryl methyl sites for hydroxylation is 1. The standard InChI is InChI=1S/C23H28N4O/c1-5-27(16-19-9-7-6-8-10-19)22-15-18(4)24-23(26-22)25-20-11-13-21(14-12-20)28-17(2)3/h6-15,17H,5,16H2,1-4H3,(H,24,25,26). The van der Waals surface area contributed by atoms with Crippen LogP contribution in [0.5, 0.6) is 5.75 Å². The maximum Gasteiger partial charge on any atom is 0.229 e. The van der Waals surface area contributed by atoms with E-state index in [4.69, 9.17) is 9.72 Å². The molecule has 0 spiro atoms. The van der Waals surface area contributed by atoms with Gasteiger partial charge in [0.2, 0.25) is 5.95 Å². The van der Waals surface area contributed by atoms with E-state index in [0.29, 0.717) is 5.95 Å². The summed E-state index contributed by atoms with van der Waals surface area (Å²) in [6.45, 7) is 9.85. The van der Waals surface area contributed by atoms with Crippen molar-refractivity contribution in [2.45, 2.75) is 40.3 Å². The fourth-order valence-electron chi connectivity index (χ4n) is 2.95. The highest BCUT2D eigenvalue weighted by molar-refractivity contribution is 5.57. The molecular weight excluding hydrogens is 348 g/mol. The Morgan fingerprint density at radius 2 is 1.71 bits per heavy atom. The van der Waals surface area contributed by atoms with Crippen molar-refractivity contribution in [2.75, 3.05) is 16.8 Å². The molecule has 0 atom stereocenters. The Labute approximate surface area is 167 Å². The van der Waals surface area contributed by atoms with Gasteiger partial charge in [-0.3, -0.25) is 0 Å². The number of aromatic nitrogens is 2. The van der Waals surface area contributed by atoms with Crippen LogP contribution in [-0.4, -0.2) is 22.6 Å². The van der Waals surface area contributed by atoms with E-state index in [0.717, 1.165) is 36.0 Å². The van der Waals surface area contributed by atoms with Crippen molar-refractivity contribution < 1.29 is 4.74 Å². The summed E-state index contributed by atoms with van der Waals surface area (Å²) in [5, 5.41) is 3.30. The summed E-state index contributed by atoms with van der Waals surface area (Å²) in [6, 6.07) is 20.3. The van der Waals surface area contributed by atoms with Gasteiger partial charge in [-0.05, 0) is 57.5 Å². The molecule has 0 fully saturated rings. The molecule has 0 amide bonds. The first kappa shape index (κ1) is 19.7. The second-order valence-corrected chi connectivity index (χ2v) is 7.01. The lowest BCUT2D eigenvalue weighted by atomic mass is 10.2. The topological polar surface area (TPSA) is 50.3 Å². The number of nitrogens with one attached hydrogen (secondary N) is 1. The predicted molar refractivity (Wildman–Crippen MR) is 115 cm³/mol. The van der Waals surface area contributed by atoms with E-state index in [1.54, 1.807) is 0 Å². The normalized spacial score (nSPS) is 10.8. The zero-order chi connectivity index (χ0) is 19.9. The molecule has 0 aliphatic heterocycles. The summed E-state index contributed by atoms with van der Waals surface area (Å²) in [5.74, 6) is 2.37. The number of rotatable bonds is 8. The largest absolute Gasteiger partial charge is 0.491 e. The Balaban J connectivity index is 1.76. The predicted octanol–water partition coefficient (Wildman–Crippen LogP) is 5.34. The van der Waals surface area contributed by atoms with Crippen molar-refractivity contribution in [1.29, 1.82) is 0 Å². The number of anilines is 3. The van der Waals surface area contributed by atoms with E-state index in [1.165, 1.54) is 5.56 Å². The summed E-state index contributed by atoms with van der Waals surface area (Å²) in [6.07, 6.45) is 0.158. The first-order valence-corrected chi connectivity index (χ1v) is 9.72. The van der Waals surface area contributed by atoms with E-state index < -0.39 is 0 Å². The van der Waals surface area contributed by atoms with Crippen LogP contribution in [-0.2, 0) is 6.54 Å². The lowest BCUT2D eigenvalue weighted by molar-refractivity contribution is 0.242. The van der Waals surface area contributed by atoms with E-state index in [9.17, 15) is 0 Å². The van der Waals surface area contributed by atoms with Gasteiger partial charge in [0.15, 0.2) is 0 Å². The van der Waals surface area contributed by atoms with E-state index in [-0.39, 0.29) is 6.10 Å². The minimum Gasteiger partial charge on any atom is -0.491 e. The molecule has 0 aliphatic carbocycles. The van der Waals surface area contributed by atoms with Crippen LogP contribution in [0.1, 0.15) is 32.0 Å². The second-order valence-electron chi connectivity index (χ2n) is 7.01. The SMILES string of the molecule is CCN(Cc1ccccc1)c1cc(C)nc(Nc2ccc(OC(C)C)cc2)n1.